The molecular weight excluding hydrogens is 666 g/mol. The number of carbonyl (C=O) groups is 6. The number of carboxylic acids is 2. The first-order chi connectivity index (χ1) is 23.8. The van der Waals surface area contributed by atoms with E-state index >= 15 is 0 Å². The van der Waals surface area contributed by atoms with Crippen molar-refractivity contribution in [3.8, 4) is 0 Å². The molecule has 4 rings (SSSR count). The van der Waals surface area contributed by atoms with Gasteiger partial charge in [-0.1, -0.05) is 67.9 Å². The Hall–Kier alpha value is -5.43. The number of benzene rings is 3. The van der Waals surface area contributed by atoms with Crippen LogP contribution in [-0.4, -0.2) is 75.4 Å². The van der Waals surface area contributed by atoms with Crippen LogP contribution in [-0.2, 0) is 30.4 Å². The van der Waals surface area contributed by atoms with Gasteiger partial charge in [0, 0.05) is 35.3 Å². The fourth-order valence-electron chi connectivity index (χ4n) is 5.34. The molecule has 3 aromatic carbocycles. The van der Waals surface area contributed by atoms with Crippen LogP contribution in [0.15, 0.2) is 66.7 Å². The molecule has 0 aliphatic carbocycles. The summed E-state index contributed by atoms with van der Waals surface area (Å²) in [4.78, 5) is 79.7. The van der Waals surface area contributed by atoms with Gasteiger partial charge >= 0.3 is 11.9 Å². The number of aromatic amines is 1. The van der Waals surface area contributed by atoms with E-state index in [0.29, 0.717) is 27.9 Å². The summed E-state index contributed by atoms with van der Waals surface area (Å²) >= 11 is 6.10. The highest BCUT2D eigenvalue weighted by molar-refractivity contribution is 6.31. The molecule has 0 radical (unpaired) electrons. The Balaban J connectivity index is 1.58. The molecule has 3 atom stereocenters. The molecule has 1 aromatic heterocycles. The van der Waals surface area contributed by atoms with E-state index in [4.69, 9.17) is 11.6 Å². The Morgan fingerprint density at radius 2 is 1.42 bits per heavy atom. The number of hydrogen-bond donors (Lipinski definition) is 7. The summed E-state index contributed by atoms with van der Waals surface area (Å²) in [6.07, 6.45) is -0.941. The van der Waals surface area contributed by atoms with E-state index in [-0.39, 0.29) is 31.0 Å². The van der Waals surface area contributed by atoms with Gasteiger partial charge in [0.2, 0.25) is 17.7 Å². The summed E-state index contributed by atoms with van der Waals surface area (Å²) in [6, 6.07) is 15.5. The van der Waals surface area contributed by atoms with E-state index in [1.807, 2.05) is 50.2 Å². The quantitative estimate of drug-likeness (QED) is 0.0858. The van der Waals surface area contributed by atoms with Crippen molar-refractivity contribution in [1.29, 1.82) is 0 Å². The average Bonchev–Trinajstić information content (AvgIpc) is 3.48. The van der Waals surface area contributed by atoms with E-state index in [1.54, 1.807) is 30.3 Å². The fraction of sp³-hybridized carbons (Fsp3) is 0.333. The molecule has 4 amide bonds. The molecule has 50 heavy (non-hydrogen) atoms. The molecule has 0 aliphatic rings. The number of hydrogen-bond acceptors (Lipinski definition) is 6. The van der Waals surface area contributed by atoms with Crippen LogP contribution in [0.5, 0.6) is 0 Å². The van der Waals surface area contributed by atoms with Gasteiger partial charge in [-0.05, 0) is 59.4 Å². The van der Waals surface area contributed by atoms with Gasteiger partial charge in [0.1, 0.15) is 23.8 Å². The van der Waals surface area contributed by atoms with Crippen LogP contribution in [0.25, 0.3) is 21.7 Å². The third-order valence-electron chi connectivity index (χ3n) is 8.02. The average molecular weight is 706 g/mol. The van der Waals surface area contributed by atoms with Crippen LogP contribution in [0.2, 0.25) is 5.02 Å². The van der Waals surface area contributed by atoms with Gasteiger partial charge in [0.05, 0.1) is 6.42 Å². The molecule has 14 heteroatoms. The second-order valence-electron chi connectivity index (χ2n) is 12.5. The summed E-state index contributed by atoms with van der Waals surface area (Å²) in [7, 11) is 0. The lowest BCUT2D eigenvalue weighted by molar-refractivity contribution is -0.141. The molecule has 0 fully saturated rings. The molecule has 264 valence electrons. The Labute approximate surface area is 293 Å². The molecule has 0 aliphatic heterocycles. The summed E-state index contributed by atoms with van der Waals surface area (Å²) in [5.74, 6) is -5.46. The standard InChI is InChI=1S/C36H40ClN5O8/c1-20(2)13-14-38-33(47)27(11-12-31(43)44)40-36(50)30(19-32(45)46)42-34(48)28(16-21-7-8-22-5-3-4-6-23(22)15-21)41-35(49)29-18-24-17-25(37)9-10-26(24)39-29/h3-10,15,17-18,20,27-28,30,39H,11-14,16,19H2,1-2H3,(H,38,47)(H,40,50)(H,41,49)(H,42,48)(H,43,44)(H,45,46)/t27-,28-,30-/m0/s1. The van der Waals surface area contributed by atoms with Gasteiger partial charge in [-0.15, -0.1) is 0 Å². The van der Waals surface area contributed by atoms with Gasteiger partial charge < -0.3 is 36.5 Å². The van der Waals surface area contributed by atoms with E-state index in [0.717, 1.165) is 10.8 Å². The number of carbonyl (C=O) groups excluding carboxylic acids is 4. The minimum absolute atomic E-state index is 0.0185. The number of halogens is 1. The van der Waals surface area contributed by atoms with Crippen molar-refractivity contribution < 1.29 is 39.0 Å². The molecule has 0 bridgehead atoms. The Bertz CT molecular complexity index is 1890. The maximum Gasteiger partial charge on any atom is 0.305 e. The maximum absolute atomic E-state index is 13.8. The van der Waals surface area contributed by atoms with E-state index in [2.05, 4.69) is 26.3 Å². The van der Waals surface area contributed by atoms with Crippen LogP contribution in [0.1, 0.15) is 55.6 Å². The Kier molecular flexibility index (Phi) is 12.9. The van der Waals surface area contributed by atoms with Gasteiger partial charge in [0.25, 0.3) is 5.91 Å². The summed E-state index contributed by atoms with van der Waals surface area (Å²) in [5, 5.41) is 32.0. The number of carboxylic acid groups (broad SMARTS) is 2. The molecule has 13 nitrogen and oxygen atoms in total. The highest BCUT2D eigenvalue weighted by atomic mass is 35.5. The topological polar surface area (TPSA) is 207 Å². The van der Waals surface area contributed by atoms with Crippen molar-refractivity contribution in [3.05, 3.63) is 83.0 Å². The number of rotatable bonds is 17. The number of aliphatic carboxylic acids is 2. The summed E-state index contributed by atoms with van der Waals surface area (Å²) in [6.45, 7) is 4.20. The zero-order valence-electron chi connectivity index (χ0n) is 27.6. The second kappa shape index (κ2) is 17.3. The minimum Gasteiger partial charge on any atom is -0.481 e. The summed E-state index contributed by atoms with van der Waals surface area (Å²) < 4.78 is 0. The number of fused-ring (bicyclic) bond motifs is 2. The number of aromatic nitrogens is 1. The Morgan fingerprint density at radius 1 is 0.720 bits per heavy atom. The smallest absolute Gasteiger partial charge is 0.305 e. The van der Waals surface area contributed by atoms with E-state index in [9.17, 15) is 39.0 Å². The lowest BCUT2D eigenvalue weighted by Crippen LogP contribution is -2.57. The molecule has 7 N–H and O–H groups in total. The molecule has 4 aromatic rings. The van der Waals surface area contributed by atoms with Crippen LogP contribution in [0, 0.1) is 5.92 Å². The third kappa shape index (κ3) is 10.8. The SMILES string of the molecule is CC(C)CCNC(=O)[C@H](CCC(=O)O)NC(=O)[C@H](CC(=O)O)NC(=O)[C@H](Cc1ccc2ccccc2c1)NC(=O)c1cc2cc(Cl)ccc2[nH]1. The highest BCUT2D eigenvalue weighted by Crippen LogP contribution is 2.21. The second-order valence-corrected chi connectivity index (χ2v) is 12.9. The van der Waals surface area contributed by atoms with Gasteiger partial charge in [-0.25, -0.2) is 0 Å². The Morgan fingerprint density at radius 3 is 2.12 bits per heavy atom. The van der Waals surface area contributed by atoms with Gasteiger partial charge in [0.15, 0.2) is 0 Å². The molecule has 0 spiro atoms. The first-order valence-corrected chi connectivity index (χ1v) is 16.6. The van der Waals surface area contributed by atoms with Crippen molar-refractivity contribution in [3.63, 3.8) is 0 Å². The first-order valence-electron chi connectivity index (χ1n) is 16.2. The van der Waals surface area contributed by atoms with Crippen molar-refractivity contribution in [2.75, 3.05) is 6.54 Å². The fourth-order valence-corrected chi connectivity index (χ4v) is 5.53. The largest absolute Gasteiger partial charge is 0.481 e. The predicted octanol–water partition coefficient (Wildman–Crippen LogP) is 3.79. The minimum atomic E-state index is -1.66. The zero-order valence-corrected chi connectivity index (χ0v) is 28.4. The molecular formula is C36H40ClN5O8. The lowest BCUT2D eigenvalue weighted by Gasteiger charge is -2.25. The summed E-state index contributed by atoms with van der Waals surface area (Å²) in [5.41, 5.74) is 1.46. The molecule has 1 heterocycles. The van der Waals surface area contributed by atoms with Gasteiger partial charge in [-0.2, -0.15) is 0 Å². The van der Waals surface area contributed by atoms with E-state index < -0.39 is 66.5 Å². The molecule has 0 saturated carbocycles. The van der Waals surface area contributed by atoms with Crippen molar-refractivity contribution in [2.45, 2.75) is 64.1 Å². The van der Waals surface area contributed by atoms with Crippen molar-refractivity contribution in [1.82, 2.24) is 26.3 Å². The predicted molar refractivity (Wildman–Crippen MR) is 188 cm³/mol. The van der Waals surface area contributed by atoms with Crippen LogP contribution in [0.4, 0.5) is 0 Å². The zero-order chi connectivity index (χ0) is 36.4. The number of H-pyrrole nitrogens is 1. The third-order valence-corrected chi connectivity index (χ3v) is 8.25. The lowest BCUT2D eigenvalue weighted by atomic mass is 10.0. The van der Waals surface area contributed by atoms with Gasteiger partial charge in [-0.3, -0.25) is 28.8 Å². The van der Waals surface area contributed by atoms with Crippen LogP contribution >= 0.6 is 11.6 Å². The van der Waals surface area contributed by atoms with Crippen molar-refractivity contribution in [2.24, 2.45) is 5.92 Å². The van der Waals surface area contributed by atoms with Crippen LogP contribution in [0.3, 0.4) is 0 Å². The van der Waals surface area contributed by atoms with E-state index in [1.165, 1.54) is 0 Å². The van der Waals surface area contributed by atoms with Crippen molar-refractivity contribution >= 4 is 68.8 Å². The maximum atomic E-state index is 13.8. The highest BCUT2D eigenvalue weighted by Gasteiger charge is 2.32. The van der Waals surface area contributed by atoms with Crippen LogP contribution < -0.4 is 21.3 Å². The monoisotopic (exact) mass is 705 g/mol. The first kappa shape index (κ1) is 37.4. The molecule has 0 saturated heterocycles. The number of nitrogens with one attached hydrogen (secondary N) is 5. The number of amides is 4. The normalized spacial score (nSPS) is 13.0. The molecule has 0 unspecified atom stereocenters.